The highest BCUT2D eigenvalue weighted by Crippen LogP contribution is 2.27. The minimum absolute atomic E-state index is 0.0544. The molecule has 0 aliphatic heterocycles. The van der Waals surface area contributed by atoms with Gasteiger partial charge >= 0.3 is 5.97 Å². The molecule has 1 unspecified atom stereocenters. The van der Waals surface area contributed by atoms with Crippen LogP contribution in [0.3, 0.4) is 0 Å². The zero-order chi connectivity index (χ0) is 23.3. The number of phenolic OH excluding ortho intramolecular Hbond substituents is 4. The highest BCUT2D eigenvalue weighted by atomic mass is 16.6. The molecular weight excluding hydrogens is 402 g/mol. The average molecular weight is 429 g/mol. The van der Waals surface area contributed by atoms with Crippen LogP contribution in [0.15, 0.2) is 42.5 Å². The van der Waals surface area contributed by atoms with Gasteiger partial charge < -0.3 is 30.1 Å². The highest BCUT2D eigenvalue weighted by Gasteiger charge is 2.31. The SMILES string of the molecule is CN(C(=O)/C=C/c1ccc(O)c(O)c1)C(Cc1ccc(O)c(O)c1)C(=O)OC(C)(C)C. The van der Waals surface area contributed by atoms with Crippen molar-refractivity contribution in [3.63, 3.8) is 0 Å². The van der Waals surface area contributed by atoms with E-state index in [1.54, 1.807) is 26.8 Å². The molecule has 0 aliphatic carbocycles. The van der Waals surface area contributed by atoms with Crippen LogP contribution < -0.4 is 0 Å². The van der Waals surface area contributed by atoms with Crippen molar-refractivity contribution in [3.8, 4) is 23.0 Å². The van der Waals surface area contributed by atoms with E-state index >= 15 is 0 Å². The molecule has 0 bridgehead atoms. The molecule has 0 radical (unpaired) electrons. The van der Waals surface area contributed by atoms with Crippen LogP contribution >= 0.6 is 0 Å². The molecule has 0 saturated carbocycles. The molecule has 31 heavy (non-hydrogen) atoms. The lowest BCUT2D eigenvalue weighted by Gasteiger charge is -2.29. The fraction of sp³-hybridized carbons (Fsp3) is 0.304. The number of carbonyl (C=O) groups is 2. The van der Waals surface area contributed by atoms with Gasteiger partial charge in [-0.1, -0.05) is 12.1 Å². The van der Waals surface area contributed by atoms with Crippen LogP contribution in [-0.4, -0.2) is 55.9 Å². The fourth-order valence-electron chi connectivity index (χ4n) is 2.75. The first-order chi connectivity index (χ1) is 14.4. The maximum absolute atomic E-state index is 12.8. The number of hydrogen-bond acceptors (Lipinski definition) is 7. The van der Waals surface area contributed by atoms with Crippen LogP contribution in [0.1, 0.15) is 31.9 Å². The first-order valence-corrected chi connectivity index (χ1v) is 9.58. The Labute approximate surface area is 180 Å². The standard InChI is InChI=1S/C23H27NO7/c1-23(2,3)31-22(30)16(11-15-6-9-18(26)20(28)13-15)24(4)21(29)10-7-14-5-8-17(25)19(27)12-14/h5-10,12-13,16,25-28H,11H2,1-4H3/b10-7+. The van der Waals surface area contributed by atoms with Crippen LogP contribution in [0.25, 0.3) is 6.08 Å². The predicted molar refractivity (Wildman–Crippen MR) is 115 cm³/mol. The molecule has 0 aromatic heterocycles. The van der Waals surface area contributed by atoms with Gasteiger partial charge in [0.25, 0.3) is 0 Å². The maximum atomic E-state index is 12.8. The summed E-state index contributed by atoms with van der Waals surface area (Å²) in [4.78, 5) is 26.7. The number of phenols is 4. The van der Waals surface area contributed by atoms with Gasteiger partial charge in [0.15, 0.2) is 23.0 Å². The van der Waals surface area contributed by atoms with Gasteiger partial charge in [-0.05, 0) is 62.2 Å². The van der Waals surface area contributed by atoms with Crippen molar-refractivity contribution < 1.29 is 34.8 Å². The van der Waals surface area contributed by atoms with E-state index in [9.17, 15) is 30.0 Å². The number of amides is 1. The molecule has 166 valence electrons. The molecule has 2 rings (SSSR count). The molecule has 1 amide bonds. The Balaban J connectivity index is 2.26. The van der Waals surface area contributed by atoms with E-state index in [2.05, 4.69) is 0 Å². The van der Waals surface area contributed by atoms with Gasteiger partial charge in [0.05, 0.1) is 0 Å². The Morgan fingerprint density at radius 1 is 0.968 bits per heavy atom. The normalized spacial score (nSPS) is 12.5. The fourth-order valence-corrected chi connectivity index (χ4v) is 2.75. The van der Waals surface area contributed by atoms with Gasteiger partial charge in [-0.15, -0.1) is 0 Å². The molecule has 1 atom stereocenters. The summed E-state index contributed by atoms with van der Waals surface area (Å²) in [7, 11) is 1.45. The third-order valence-corrected chi connectivity index (χ3v) is 4.38. The number of esters is 1. The molecule has 0 spiro atoms. The lowest BCUT2D eigenvalue weighted by molar-refractivity contribution is -0.163. The third kappa shape index (κ3) is 6.67. The van der Waals surface area contributed by atoms with Gasteiger partial charge in [0.1, 0.15) is 11.6 Å². The first-order valence-electron chi connectivity index (χ1n) is 9.58. The Bertz CT molecular complexity index is 992. The van der Waals surface area contributed by atoms with Gasteiger partial charge in [-0.2, -0.15) is 0 Å². The van der Waals surface area contributed by atoms with Crippen molar-refractivity contribution in [2.45, 2.75) is 38.8 Å². The monoisotopic (exact) mass is 429 g/mol. The molecule has 4 N–H and O–H groups in total. The van der Waals surface area contributed by atoms with Gasteiger partial charge in [0, 0.05) is 19.5 Å². The summed E-state index contributed by atoms with van der Waals surface area (Å²) >= 11 is 0. The third-order valence-electron chi connectivity index (χ3n) is 4.38. The summed E-state index contributed by atoms with van der Waals surface area (Å²) in [6.45, 7) is 5.15. The lowest BCUT2D eigenvalue weighted by Crippen LogP contribution is -2.46. The van der Waals surface area contributed by atoms with E-state index in [1.807, 2.05) is 0 Å². The van der Waals surface area contributed by atoms with E-state index in [0.717, 1.165) is 0 Å². The molecule has 2 aromatic rings. The van der Waals surface area contributed by atoms with E-state index < -0.39 is 23.5 Å². The number of ether oxygens (including phenoxy) is 1. The van der Waals surface area contributed by atoms with Crippen LogP contribution in [-0.2, 0) is 20.7 Å². The number of aromatic hydroxyl groups is 4. The van der Waals surface area contributed by atoms with Crippen molar-refractivity contribution in [2.75, 3.05) is 7.05 Å². The topological polar surface area (TPSA) is 128 Å². The van der Waals surface area contributed by atoms with Gasteiger partial charge in [-0.3, -0.25) is 4.79 Å². The van der Waals surface area contributed by atoms with E-state index in [1.165, 1.54) is 54.4 Å². The van der Waals surface area contributed by atoms with Crippen LogP contribution in [0.2, 0.25) is 0 Å². The molecule has 0 fully saturated rings. The van der Waals surface area contributed by atoms with Crippen molar-refractivity contribution in [1.29, 1.82) is 0 Å². The Kier molecular flexibility index (Phi) is 7.17. The predicted octanol–water partition coefficient (Wildman–Crippen LogP) is 2.93. The number of nitrogens with zero attached hydrogens (tertiary/aromatic N) is 1. The second kappa shape index (κ2) is 9.42. The van der Waals surface area contributed by atoms with E-state index in [0.29, 0.717) is 11.1 Å². The second-order valence-corrected chi connectivity index (χ2v) is 8.11. The van der Waals surface area contributed by atoms with Crippen molar-refractivity contribution in [3.05, 3.63) is 53.6 Å². The second-order valence-electron chi connectivity index (χ2n) is 8.11. The largest absolute Gasteiger partial charge is 0.504 e. The summed E-state index contributed by atoms with van der Waals surface area (Å²) in [6, 6.07) is 7.28. The van der Waals surface area contributed by atoms with Crippen molar-refractivity contribution in [2.24, 2.45) is 0 Å². The summed E-state index contributed by atoms with van der Waals surface area (Å²) in [6.07, 6.45) is 2.73. The number of likely N-dealkylation sites (N-methyl/N-ethyl adjacent to an activating group) is 1. The van der Waals surface area contributed by atoms with Gasteiger partial charge in [-0.25, -0.2) is 4.79 Å². The minimum Gasteiger partial charge on any atom is -0.504 e. The molecule has 2 aromatic carbocycles. The van der Waals surface area contributed by atoms with Crippen LogP contribution in [0.5, 0.6) is 23.0 Å². The number of hydrogen-bond donors (Lipinski definition) is 4. The zero-order valence-electron chi connectivity index (χ0n) is 17.9. The molecule has 8 nitrogen and oxygen atoms in total. The average Bonchev–Trinajstić information content (AvgIpc) is 2.67. The summed E-state index contributed by atoms with van der Waals surface area (Å²) in [5.74, 6) is -2.33. The zero-order valence-corrected chi connectivity index (χ0v) is 17.9. The minimum atomic E-state index is -0.992. The molecular formula is C23H27NO7. The van der Waals surface area contributed by atoms with E-state index in [-0.39, 0.29) is 29.4 Å². The number of rotatable bonds is 6. The number of benzene rings is 2. The van der Waals surface area contributed by atoms with Crippen LogP contribution in [0.4, 0.5) is 0 Å². The summed E-state index contributed by atoms with van der Waals surface area (Å²) < 4.78 is 5.46. The molecule has 0 saturated heterocycles. The smallest absolute Gasteiger partial charge is 0.329 e. The summed E-state index contributed by atoms with van der Waals surface area (Å²) in [5, 5.41) is 38.2. The van der Waals surface area contributed by atoms with Crippen LogP contribution in [0, 0.1) is 0 Å². The number of carbonyl (C=O) groups excluding carboxylic acids is 2. The van der Waals surface area contributed by atoms with Gasteiger partial charge in [0.2, 0.25) is 5.91 Å². The highest BCUT2D eigenvalue weighted by molar-refractivity contribution is 5.94. The van der Waals surface area contributed by atoms with Crippen molar-refractivity contribution in [1.82, 2.24) is 4.90 Å². The van der Waals surface area contributed by atoms with E-state index in [4.69, 9.17) is 4.74 Å². The Morgan fingerprint density at radius 3 is 2.10 bits per heavy atom. The summed E-state index contributed by atoms with van der Waals surface area (Å²) in [5.41, 5.74) is 0.239. The van der Waals surface area contributed by atoms with Crippen molar-refractivity contribution >= 4 is 18.0 Å². The Hall–Kier alpha value is -3.68. The first kappa shape index (κ1) is 23.6. The Morgan fingerprint density at radius 2 is 1.55 bits per heavy atom. The molecule has 0 heterocycles. The quantitative estimate of drug-likeness (QED) is 0.316. The molecule has 0 aliphatic rings. The molecule has 8 heteroatoms. The maximum Gasteiger partial charge on any atom is 0.329 e. The lowest BCUT2D eigenvalue weighted by atomic mass is 10.0.